The van der Waals surface area contributed by atoms with Crippen molar-refractivity contribution in [2.75, 3.05) is 0 Å². The van der Waals surface area contributed by atoms with Crippen LogP contribution in [0, 0.1) is 5.92 Å². The molecule has 2 rings (SSSR count). The summed E-state index contributed by atoms with van der Waals surface area (Å²) in [7, 11) is 0. The molecule has 0 radical (unpaired) electrons. The van der Waals surface area contributed by atoms with E-state index in [4.69, 9.17) is 5.11 Å². The Kier molecular flexibility index (Phi) is 3.85. The van der Waals surface area contributed by atoms with E-state index < -0.39 is 5.97 Å². The van der Waals surface area contributed by atoms with Crippen LogP contribution in [0.3, 0.4) is 0 Å². The highest BCUT2D eigenvalue weighted by Crippen LogP contribution is 2.37. The fraction of sp³-hybridized carbons (Fsp3) is 0.286. The largest absolute Gasteiger partial charge is 0.506 e. The van der Waals surface area contributed by atoms with Crippen LogP contribution in [0.2, 0.25) is 0 Å². The number of carbonyl (C=O) groups is 2. The Hall–Kier alpha value is -1.88. The zero-order valence-corrected chi connectivity index (χ0v) is 11.2. The maximum absolute atomic E-state index is 12.1. The first-order chi connectivity index (χ1) is 8.99. The number of fused-ring (bicyclic) bond motifs is 1. The van der Waals surface area contributed by atoms with Crippen molar-refractivity contribution in [3.05, 3.63) is 29.1 Å². The van der Waals surface area contributed by atoms with Gasteiger partial charge in [0.15, 0.2) is 5.78 Å². The Morgan fingerprint density at radius 2 is 1.95 bits per heavy atom. The van der Waals surface area contributed by atoms with Crippen molar-refractivity contribution in [1.82, 2.24) is 0 Å². The van der Waals surface area contributed by atoms with E-state index in [-0.39, 0.29) is 30.3 Å². The van der Waals surface area contributed by atoms with Gasteiger partial charge in [-0.3, -0.25) is 9.59 Å². The summed E-state index contributed by atoms with van der Waals surface area (Å²) in [5.74, 6) is -1.35. The number of ketones is 1. The van der Waals surface area contributed by atoms with E-state index in [2.05, 4.69) is 0 Å². The number of rotatable bonds is 5. The molecule has 2 aromatic rings. The van der Waals surface area contributed by atoms with Crippen molar-refractivity contribution in [3.8, 4) is 5.75 Å². The second-order valence-electron chi connectivity index (χ2n) is 4.61. The van der Waals surface area contributed by atoms with Crippen LogP contribution < -0.4 is 0 Å². The molecule has 0 aliphatic rings. The average molecular weight is 278 g/mol. The van der Waals surface area contributed by atoms with E-state index in [9.17, 15) is 14.7 Å². The minimum Gasteiger partial charge on any atom is -0.506 e. The van der Waals surface area contributed by atoms with Gasteiger partial charge in [0.1, 0.15) is 10.6 Å². The highest BCUT2D eigenvalue weighted by atomic mass is 32.1. The predicted octanol–water partition coefficient (Wildman–Crippen LogP) is 3.29. The number of hydrogen-bond acceptors (Lipinski definition) is 4. The first-order valence-electron chi connectivity index (χ1n) is 5.94. The van der Waals surface area contributed by atoms with Crippen LogP contribution in [0.5, 0.6) is 5.75 Å². The standard InChI is InChI=1S/C14H14O4S/c1-8(7-12(16)17)6-10(15)14-13(18)9-4-2-3-5-11(9)19-14/h2-5,8,18H,6-7H2,1H3,(H,16,17)/t8-/m0/s1. The molecule has 0 aliphatic heterocycles. The highest BCUT2D eigenvalue weighted by Gasteiger charge is 2.20. The van der Waals surface area contributed by atoms with Gasteiger partial charge in [0, 0.05) is 22.9 Å². The maximum atomic E-state index is 12.1. The fourth-order valence-corrected chi connectivity index (χ4v) is 3.05. The van der Waals surface area contributed by atoms with E-state index in [1.54, 1.807) is 19.1 Å². The normalized spacial score (nSPS) is 12.5. The number of aliphatic carboxylic acids is 1. The monoisotopic (exact) mass is 278 g/mol. The number of aromatic hydroxyl groups is 1. The van der Waals surface area contributed by atoms with Gasteiger partial charge in [-0.25, -0.2) is 0 Å². The third-order valence-electron chi connectivity index (χ3n) is 2.88. The Labute approximate surface area is 114 Å². The van der Waals surface area contributed by atoms with E-state index >= 15 is 0 Å². The molecule has 0 unspecified atom stereocenters. The number of hydrogen-bond donors (Lipinski definition) is 2. The van der Waals surface area contributed by atoms with Crippen LogP contribution >= 0.6 is 11.3 Å². The molecular weight excluding hydrogens is 264 g/mol. The van der Waals surface area contributed by atoms with E-state index in [0.717, 1.165) is 4.70 Å². The molecule has 19 heavy (non-hydrogen) atoms. The van der Waals surface area contributed by atoms with Crippen molar-refractivity contribution in [1.29, 1.82) is 0 Å². The van der Waals surface area contributed by atoms with Gasteiger partial charge >= 0.3 is 5.97 Å². The summed E-state index contributed by atoms with van der Waals surface area (Å²) in [5, 5.41) is 19.4. The van der Waals surface area contributed by atoms with Crippen LogP contribution in [0.25, 0.3) is 10.1 Å². The first kappa shape index (κ1) is 13.5. The second-order valence-corrected chi connectivity index (χ2v) is 5.66. The van der Waals surface area contributed by atoms with Gasteiger partial charge in [0.05, 0.1) is 0 Å². The van der Waals surface area contributed by atoms with Gasteiger partial charge in [-0.2, -0.15) is 0 Å². The molecule has 0 amide bonds. The molecule has 0 fully saturated rings. The maximum Gasteiger partial charge on any atom is 0.303 e. The Bertz CT molecular complexity index is 629. The number of carboxylic acids is 1. The lowest BCUT2D eigenvalue weighted by Crippen LogP contribution is -2.09. The van der Waals surface area contributed by atoms with Gasteiger partial charge in [-0.05, 0) is 18.1 Å². The Morgan fingerprint density at radius 3 is 2.58 bits per heavy atom. The molecule has 4 nitrogen and oxygen atoms in total. The lowest BCUT2D eigenvalue weighted by atomic mass is 10.00. The van der Waals surface area contributed by atoms with Crippen molar-refractivity contribution in [2.45, 2.75) is 19.8 Å². The van der Waals surface area contributed by atoms with Gasteiger partial charge in [-0.1, -0.05) is 19.1 Å². The minimum absolute atomic E-state index is 0.00752. The van der Waals surface area contributed by atoms with Crippen molar-refractivity contribution in [3.63, 3.8) is 0 Å². The van der Waals surface area contributed by atoms with Crippen LogP contribution in [0.4, 0.5) is 0 Å². The van der Waals surface area contributed by atoms with E-state index in [1.165, 1.54) is 11.3 Å². The van der Waals surface area contributed by atoms with E-state index in [0.29, 0.717) is 10.3 Å². The first-order valence-corrected chi connectivity index (χ1v) is 6.76. The Balaban J connectivity index is 2.22. The summed E-state index contributed by atoms with van der Waals surface area (Å²) < 4.78 is 0.856. The SMILES string of the molecule is C[C@H](CC(=O)O)CC(=O)c1sc2ccccc2c1O. The van der Waals surface area contributed by atoms with Crippen LogP contribution in [-0.2, 0) is 4.79 Å². The number of carboxylic acid groups (broad SMARTS) is 1. The van der Waals surface area contributed by atoms with Crippen molar-refractivity contribution in [2.24, 2.45) is 5.92 Å². The fourth-order valence-electron chi connectivity index (χ4n) is 2.00. The number of thiophene rings is 1. The summed E-state index contributed by atoms with van der Waals surface area (Å²) in [6.07, 6.45) is 0.0874. The third-order valence-corrected chi connectivity index (χ3v) is 4.08. The number of benzene rings is 1. The van der Waals surface area contributed by atoms with Gasteiger partial charge in [0.2, 0.25) is 0 Å². The van der Waals surface area contributed by atoms with Gasteiger partial charge in [-0.15, -0.1) is 11.3 Å². The van der Waals surface area contributed by atoms with E-state index in [1.807, 2.05) is 12.1 Å². The topological polar surface area (TPSA) is 74.6 Å². The molecule has 1 aromatic carbocycles. The van der Waals surface area contributed by atoms with Gasteiger partial charge in [0.25, 0.3) is 0 Å². The minimum atomic E-state index is -0.916. The number of Topliss-reactive ketones (excluding diaryl/α,β-unsaturated/α-hetero) is 1. The lowest BCUT2D eigenvalue weighted by Gasteiger charge is -2.06. The highest BCUT2D eigenvalue weighted by molar-refractivity contribution is 7.21. The predicted molar refractivity (Wildman–Crippen MR) is 73.9 cm³/mol. The zero-order chi connectivity index (χ0) is 14.0. The summed E-state index contributed by atoms with van der Waals surface area (Å²) in [6, 6.07) is 7.26. The van der Waals surface area contributed by atoms with Crippen LogP contribution in [-0.4, -0.2) is 22.0 Å². The molecule has 0 spiro atoms. The molecule has 100 valence electrons. The van der Waals surface area contributed by atoms with Crippen molar-refractivity contribution >= 4 is 33.2 Å². The molecule has 2 N–H and O–H groups in total. The summed E-state index contributed by atoms with van der Waals surface area (Å²) >= 11 is 1.25. The molecule has 0 saturated carbocycles. The molecule has 5 heteroatoms. The third kappa shape index (κ3) is 2.93. The van der Waals surface area contributed by atoms with Crippen molar-refractivity contribution < 1.29 is 19.8 Å². The molecule has 1 atom stereocenters. The van der Waals surface area contributed by atoms with Crippen LogP contribution in [0.1, 0.15) is 29.4 Å². The Morgan fingerprint density at radius 1 is 1.26 bits per heavy atom. The number of carbonyl (C=O) groups excluding carboxylic acids is 1. The van der Waals surface area contributed by atoms with Crippen LogP contribution in [0.15, 0.2) is 24.3 Å². The zero-order valence-electron chi connectivity index (χ0n) is 10.4. The molecule has 0 saturated heterocycles. The summed E-state index contributed by atoms with van der Waals surface area (Å²) in [4.78, 5) is 23.0. The smallest absolute Gasteiger partial charge is 0.303 e. The average Bonchev–Trinajstić information content (AvgIpc) is 2.66. The molecule has 1 heterocycles. The summed E-state index contributed by atoms with van der Waals surface area (Å²) in [6.45, 7) is 1.72. The summed E-state index contributed by atoms with van der Waals surface area (Å²) in [5.41, 5.74) is 0. The second kappa shape index (κ2) is 5.40. The molecular formula is C14H14O4S. The quantitative estimate of drug-likeness (QED) is 0.823. The molecule has 0 aliphatic carbocycles. The molecule has 0 bridgehead atoms. The molecule has 1 aromatic heterocycles. The lowest BCUT2D eigenvalue weighted by molar-refractivity contribution is -0.137. The van der Waals surface area contributed by atoms with Gasteiger partial charge < -0.3 is 10.2 Å².